The van der Waals surface area contributed by atoms with Crippen LogP contribution in [-0.4, -0.2) is 28.2 Å². The van der Waals surface area contributed by atoms with Gasteiger partial charge in [-0.15, -0.1) is 6.58 Å². The van der Waals surface area contributed by atoms with E-state index in [9.17, 15) is 0 Å². The smallest absolute Gasteiger partial charge is 0.0523 e. The van der Waals surface area contributed by atoms with Gasteiger partial charge >= 0.3 is 0 Å². The van der Waals surface area contributed by atoms with Crippen molar-refractivity contribution in [3.05, 3.63) is 30.6 Å². The molecule has 1 N–H and O–H groups in total. The van der Waals surface area contributed by atoms with Gasteiger partial charge in [-0.05, 0) is 25.5 Å². The number of nitrogens with zero attached hydrogens (tertiary/aromatic N) is 2. The van der Waals surface area contributed by atoms with Gasteiger partial charge in [0, 0.05) is 12.7 Å². The summed E-state index contributed by atoms with van der Waals surface area (Å²) in [5, 5.41) is 7.03. The van der Waals surface area contributed by atoms with E-state index in [0.717, 1.165) is 6.54 Å². The third kappa shape index (κ3) is 1.65. The number of nitrogens with one attached hydrogen (secondary N) is 1. The summed E-state index contributed by atoms with van der Waals surface area (Å²) in [7, 11) is 0. The number of H-pyrrole nitrogens is 1. The molecule has 0 spiro atoms. The van der Waals surface area contributed by atoms with Crippen LogP contribution in [0.5, 0.6) is 0 Å². The lowest BCUT2D eigenvalue weighted by molar-refractivity contribution is 0.281. The SMILES string of the molecule is C=CCN1CCCC1c1ccn[nH]1. The van der Waals surface area contributed by atoms with Crippen molar-refractivity contribution in [3.8, 4) is 0 Å². The topological polar surface area (TPSA) is 31.9 Å². The number of hydrogen-bond donors (Lipinski definition) is 1. The van der Waals surface area contributed by atoms with Crippen LogP contribution in [-0.2, 0) is 0 Å². The maximum Gasteiger partial charge on any atom is 0.0523 e. The van der Waals surface area contributed by atoms with Crippen molar-refractivity contribution < 1.29 is 0 Å². The van der Waals surface area contributed by atoms with E-state index in [1.54, 1.807) is 0 Å². The Morgan fingerprint density at radius 1 is 1.77 bits per heavy atom. The van der Waals surface area contributed by atoms with Gasteiger partial charge in [0.05, 0.1) is 11.7 Å². The molecular weight excluding hydrogens is 162 g/mol. The summed E-state index contributed by atoms with van der Waals surface area (Å²) in [6.45, 7) is 5.92. The first-order valence-electron chi connectivity index (χ1n) is 4.76. The first-order valence-corrected chi connectivity index (χ1v) is 4.76. The lowest BCUT2D eigenvalue weighted by Crippen LogP contribution is -2.23. The molecule has 1 aliphatic rings. The Hall–Kier alpha value is -1.09. The van der Waals surface area contributed by atoms with E-state index in [2.05, 4.69) is 27.7 Å². The third-order valence-electron chi connectivity index (χ3n) is 2.61. The van der Waals surface area contributed by atoms with E-state index in [4.69, 9.17) is 0 Å². The Kier molecular flexibility index (Phi) is 2.45. The van der Waals surface area contributed by atoms with Crippen molar-refractivity contribution in [3.63, 3.8) is 0 Å². The molecule has 3 heteroatoms. The predicted octanol–water partition coefficient (Wildman–Crippen LogP) is 1.73. The average Bonchev–Trinajstić information content (AvgIpc) is 2.71. The number of aromatic nitrogens is 2. The summed E-state index contributed by atoms with van der Waals surface area (Å²) >= 11 is 0. The highest BCUT2D eigenvalue weighted by molar-refractivity contribution is 5.07. The van der Waals surface area contributed by atoms with Crippen LogP contribution in [0.25, 0.3) is 0 Å². The molecule has 1 aromatic rings. The summed E-state index contributed by atoms with van der Waals surface area (Å²) in [6.07, 6.45) is 6.29. The molecule has 0 aromatic carbocycles. The van der Waals surface area contributed by atoms with Gasteiger partial charge in [0.15, 0.2) is 0 Å². The minimum absolute atomic E-state index is 0.528. The van der Waals surface area contributed by atoms with Crippen molar-refractivity contribution in [1.29, 1.82) is 0 Å². The highest BCUT2D eigenvalue weighted by Gasteiger charge is 2.25. The number of likely N-dealkylation sites (tertiary alicyclic amines) is 1. The average molecular weight is 177 g/mol. The number of hydrogen-bond acceptors (Lipinski definition) is 2. The Morgan fingerprint density at radius 3 is 3.38 bits per heavy atom. The van der Waals surface area contributed by atoms with E-state index in [1.807, 2.05) is 12.3 Å². The van der Waals surface area contributed by atoms with Gasteiger partial charge in [-0.1, -0.05) is 6.08 Å². The fraction of sp³-hybridized carbons (Fsp3) is 0.500. The van der Waals surface area contributed by atoms with Crippen molar-refractivity contribution in [2.75, 3.05) is 13.1 Å². The molecule has 1 unspecified atom stereocenters. The fourth-order valence-corrected chi connectivity index (χ4v) is 2.01. The van der Waals surface area contributed by atoms with Gasteiger partial charge in [-0.25, -0.2) is 0 Å². The minimum Gasteiger partial charge on any atom is -0.291 e. The second-order valence-electron chi connectivity index (χ2n) is 3.45. The Bertz CT molecular complexity index is 266. The maximum absolute atomic E-state index is 3.98. The second-order valence-corrected chi connectivity index (χ2v) is 3.45. The molecule has 1 aromatic heterocycles. The van der Waals surface area contributed by atoms with Crippen LogP contribution in [0.4, 0.5) is 0 Å². The van der Waals surface area contributed by atoms with E-state index in [-0.39, 0.29) is 0 Å². The molecule has 0 bridgehead atoms. The van der Waals surface area contributed by atoms with Crippen LogP contribution in [0.15, 0.2) is 24.9 Å². The lowest BCUT2D eigenvalue weighted by Gasteiger charge is -2.21. The maximum atomic E-state index is 3.98. The summed E-state index contributed by atoms with van der Waals surface area (Å²) in [5.74, 6) is 0. The monoisotopic (exact) mass is 177 g/mol. The minimum atomic E-state index is 0.528. The largest absolute Gasteiger partial charge is 0.291 e. The van der Waals surface area contributed by atoms with Crippen LogP contribution in [0.2, 0.25) is 0 Å². The zero-order chi connectivity index (χ0) is 9.10. The number of aromatic amines is 1. The molecule has 13 heavy (non-hydrogen) atoms. The molecule has 3 nitrogen and oxygen atoms in total. The van der Waals surface area contributed by atoms with E-state index < -0.39 is 0 Å². The Labute approximate surface area is 78.4 Å². The summed E-state index contributed by atoms with van der Waals surface area (Å²) in [6, 6.07) is 2.59. The van der Waals surface area contributed by atoms with Crippen molar-refractivity contribution in [2.24, 2.45) is 0 Å². The van der Waals surface area contributed by atoms with Gasteiger partial charge in [-0.2, -0.15) is 5.10 Å². The van der Waals surface area contributed by atoms with Gasteiger partial charge in [-0.3, -0.25) is 10.00 Å². The molecule has 0 amide bonds. The van der Waals surface area contributed by atoms with Crippen molar-refractivity contribution in [1.82, 2.24) is 15.1 Å². The van der Waals surface area contributed by atoms with Crippen molar-refractivity contribution in [2.45, 2.75) is 18.9 Å². The van der Waals surface area contributed by atoms with Crippen molar-refractivity contribution >= 4 is 0 Å². The molecule has 1 fully saturated rings. The normalized spacial score (nSPS) is 23.5. The first-order chi connectivity index (χ1) is 6.42. The van der Waals surface area contributed by atoms with Gasteiger partial charge < -0.3 is 0 Å². The highest BCUT2D eigenvalue weighted by Crippen LogP contribution is 2.29. The molecule has 2 rings (SSSR count). The summed E-state index contributed by atoms with van der Waals surface area (Å²) in [4.78, 5) is 2.43. The fourth-order valence-electron chi connectivity index (χ4n) is 2.01. The highest BCUT2D eigenvalue weighted by atomic mass is 15.2. The van der Waals surface area contributed by atoms with Crippen LogP contribution >= 0.6 is 0 Å². The predicted molar refractivity (Wildman–Crippen MR) is 52.3 cm³/mol. The second kappa shape index (κ2) is 3.75. The first kappa shape index (κ1) is 8.51. The van der Waals surface area contributed by atoms with E-state index in [0.29, 0.717) is 6.04 Å². The molecule has 0 aliphatic carbocycles. The standard InChI is InChI=1S/C10H15N3/c1-2-7-13-8-3-4-10(13)9-5-6-11-12-9/h2,5-6,10H,1,3-4,7-8H2,(H,11,12). The van der Waals surface area contributed by atoms with Crippen LogP contribution in [0.3, 0.4) is 0 Å². The van der Waals surface area contributed by atoms with Crippen LogP contribution in [0.1, 0.15) is 24.6 Å². The third-order valence-corrected chi connectivity index (χ3v) is 2.61. The molecular formula is C10H15N3. The van der Waals surface area contributed by atoms with Gasteiger partial charge in [0.1, 0.15) is 0 Å². The van der Waals surface area contributed by atoms with Gasteiger partial charge in [0.25, 0.3) is 0 Å². The quantitative estimate of drug-likeness (QED) is 0.713. The van der Waals surface area contributed by atoms with E-state index >= 15 is 0 Å². The lowest BCUT2D eigenvalue weighted by atomic mass is 10.1. The Balaban J connectivity index is 2.09. The van der Waals surface area contributed by atoms with E-state index in [1.165, 1.54) is 25.1 Å². The molecule has 0 radical (unpaired) electrons. The molecule has 1 atom stereocenters. The van der Waals surface area contributed by atoms with Crippen LogP contribution < -0.4 is 0 Å². The number of rotatable bonds is 3. The molecule has 1 saturated heterocycles. The molecule has 1 aliphatic heterocycles. The van der Waals surface area contributed by atoms with Crippen LogP contribution in [0, 0.1) is 0 Å². The zero-order valence-corrected chi connectivity index (χ0v) is 7.74. The zero-order valence-electron chi connectivity index (χ0n) is 7.74. The summed E-state index contributed by atoms with van der Waals surface area (Å²) < 4.78 is 0. The van der Waals surface area contributed by atoms with Gasteiger partial charge in [0.2, 0.25) is 0 Å². The molecule has 2 heterocycles. The molecule has 70 valence electrons. The molecule has 0 saturated carbocycles. The Morgan fingerprint density at radius 2 is 2.69 bits per heavy atom. The summed E-state index contributed by atoms with van der Waals surface area (Å²) in [5.41, 5.74) is 1.24.